The molecule has 3 rings (SSSR count). The van der Waals surface area contributed by atoms with Crippen molar-refractivity contribution >= 4 is 23.2 Å². The number of methoxy groups -OCH3 is 1. The molecule has 0 saturated heterocycles. The predicted octanol–water partition coefficient (Wildman–Crippen LogP) is 3.22. The molecular weight excluding hydrogens is 390 g/mol. The van der Waals surface area contributed by atoms with Crippen molar-refractivity contribution in [3.05, 3.63) is 65.2 Å². The van der Waals surface area contributed by atoms with Gasteiger partial charge in [-0.1, -0.05) is 37.3 Å². The van der Waals surface area contributed by atoms with Crippen LogP contribution < -0.4 is 20.3 Å². The normalized spacial score (nSPS) is 10.3. The van der Waals surface area contributed by atoms with E-state index in [0.717, 1.165) is 17.5 Å². The SMILES string of the molecule is CCc1ccccc1OCC(=O)NNC(=O)c1csc(-c2ccccc2OC)n1. The van der Waals surface area contributed by atoms with Crippen molar-refractivity contribution in [2.45, 2.75) is 13.3 Å². The van der Waals surface area contributed by atoms with E-state index in [9.17, 15) is 9.59 Å². The number of carbonyl (C=O) groups excluding carboxylic acids is 2. The molecule has 2 amide bonds. The smallest absolute Gasteiger partial charge is 0.289 e. The topological polar surface area (TPSA) is 89.6 Å². The molecule has 1 aromatic heterocycles. The molecule has 0 bridgehead atoms. The van der Waals surface area contributed by atoms with Gasteiger partial charge in [-0.05, 0) is 30.2 Å². The molecule has 0 saturated carbocycles. The van der Waals surface area contributed by atoms with Crippen molar-refractivity contribution in [3.63, 3.8) is 0 Å². The number of aromatic nitrogens is 1. The van der Waals surface area contributed by atoms with Crippen LogP contribution in [-0.4, -0.2) is 30.5 Å². The number of aryl methyl sites for hydroxylation is 1. The Kier molecular flexibility index (Phi) is 6.80. The lowest BCUT2D eigenvalue weighted by Crippen LogP contribution is -2.44. The van der Waals surface area contributed by atoms with Gasteiger partial charge in [0.2, 0.25) is 0 Å². The fourth-order valence-corrected chi connectivity index (χ4v) is 3.46. The monoisotopic (exact) mass is 411 g/mol. The molecule has 0 aliphatic carbocycles. The number of ether oxygens (including phenoxy) is 2. The van der Waals surface area contributed by atoms with Crippen LogP contribution in [0.2, 0.25) is 0 Å². The largest absolute Gasteiger partial charge is 0.496 e. The van der Waals surface area contributed by atoms with Gasteiger partial charge in [0.15, 0.2) is 6.61 Å². The standard InChI is InChI=1S/C21H21N3O4S/c1-3-14-8-4-6-10-17(14)28-12-19(25)23-24-20(26)16-13-29-21(22-16)15-9-5-7-11-18(15)27-2/h4-11,13H,3,12H2,1-2H3,(H,23,25)(H,24,26). The lowest BCUT2D eigenvalue weighted by molar-refractivity contribution is -0.123. The number of hydrogen-bond donors (Lipinski definition) is 2. The molecule has 8 heteroatoms. The summed E-state index contributed by atoms with van der Waals surface area (Å²) in [5.41, 5.74) is 6.70. The van der Waals surface area contributed by atoms with Crippen LogP contribution in [0.15, 0.2) is 53.9 Å². The van der Waals surface area contributed by atoms with E-state index in [1.165, 1.54) is 11.3 Å². The predicted molar refractivity (Wildman–Crippen MR) is 111 cm³/mol. The van der Waals surface area contributed by atoms with Crippen molar-refractivity contribution in [1.29, 1.82) is 0 Å². The minimum atomic E-state index is -0.510. The number of hydrogen-bond acceptors (Lipinski definition) is 6. The molecule has 0 atom stereocenters. The molecular formula is C21H21N3O4S. The Hall–Kier alpha value is -3.39. The summed E-state index contributed by atoms with van der Waals surface area (Å²) in [4.78, 5) is 28.6. The Bertz CT molecular complexity index is 1000. The maximum Gasteiger partial charge on any atom is 0.289 e. The van der Waals surface area contributed by atoms with Crippen molar-refractivity contribution < 1.29 is 19.1 Å². The summed E-state index contributed by atoms with van der Waals surface area (Å²) in [6.07, 6.45) is 0.798. The highest BCUT2D eigenvalue weighted by molar-refractivity contribution is 7.13. The summed E-state index contributed by atoms with van der Waals surface area (Å²) >= 11 is 1.32. The van der Waals surface area contributed by atoms with Gasteiger partial charge in [0.25, 0.3) is 11.8 Å². The molecule has 29 heavy (non-hydrogen) atoms. The quantitative estimate of drug-likeness (QED) is 0.583. The van der Waals surface area contributed by atoms with E-state index in [4.69, 9.17) is 9.47 Å². The van der Waals surface area contributed by atoms with Crippen LogP contribution in [0.3, 0.4) is 0 Å². The third kappa shape index (κ3) is 5.11. The molecule has 2 aromatic carbocycles. The van der Waals surface area contributed by atoms with E-state index in [-0.39, 0.29) is 12.3 Å². The summed E-state index contributed by atoms with van der Waals surface area (Å²) in [5, 5.41) is 2.27. The Morgan fingerprint density at radius 3 is 2.52 bits per heavy atom. The van der Waals surface area contributed by atoms with Crippen molar-refractivity contribution in [2.75, 3.05) is 13.7 Å². The van der Waals surface area contributed by atoms with Crippen LogP contribution in [0.5, 0.6) is 11.5 Å². The van der Waals surface area contributed by atoms with Gasteiger partial charge >= 0.3 is 0 Å². The van der Waals surface area contributed by atoms with Crippen molar-refractivity contribution in [2.24, 2.45) is 0 Å². The molecule has 0 aliphatic heterocycles. The van der Waals surface area contributed by atoms with E-state index in [2.05, 4.69) is 15.8 Å². The molecule has 2 N–H and O–H groups in total. The van der Waals surface area contributed by atoms with Gasteiger partial charge in [-0.2, -0.15) is 0 Å². The van der Waals surface area contributed by atoms with E-state index in [1.54, 1.807) is 18.6 Å². The number of hydrazine groups is 1. The molecule has 7 nitrogen and oxygen atoms in total. The van der Waals surface area contributed by atoms with Gasteiger partial charge in [0, 0.05) is 5.38 Å². The number of benzene rings is 2. The highest BCUT2D eigenvalue weighted by Gasteiger charge is 2.15. The zero-order valence-electron chi connectivity index (χ0n) is 16.1. The van der Waals surface area contributed by atoms with Crippen molar-refractivity contribution in [1.82, 2.24) is 15.8 Å². The lowest BCUT2D eigenvalue weighted by Gasteiger charge is -2.10. The molecule has 150 valence electrons. The lowest BCUT2D eigenvalue weighted by atomic mass is 10.1. The van der Waals surface area contributed by atoms with Crippen LogP contribution in [0.4, 0.5) is 0 Å². The first kappa shape index (κ1) is 20.3. The molecule has 1 heterocycles. The summed E-state index contributed by atoms with van der Waals surface area (Å²) in [6.45, 7) is 1.80. The zero-order chi connectivity index (χ0) is 20.6. The highest BCUT2D eigenvalue weighted by atomic mass is 32.1. The van der Waals surface area contributed by atoms with Crippen LogP contribution in [0.1, 0.15) is 23.0 Å². The van der Waals surface area contributed by atoms with Gasteiger partial charge in [-0.25, -0.2) is 4.98 Å². The fraction of sp³-hybridized carbons (Fsp3) is 0.190. The van der Waals surface area contributed by atoms with E-state index in [1.807, 2.05) is 49.4 Å². The van der Waals surface area contributed by atoms with Gasteiger partial charge in [0.05, 0.1) is 12.7 Å². The second-order valence-corrected chi connectivity index (χ2v) is 6.85. The number of rotatable bonds is 7. The minimum absolute atomic E-state index is 0.202. The van der Waals surface area contributed by atoms with E-state index >= 15 is 0 Å². The van der Waals surface area contributed by atoms with Crippen molar-refractivity contribution in [3.8, 4) is 22.1 Å². The number of amides is 2. The summed E-state index contributed by atoms with van der Waals surface area (Å²) < 4.78 is 10.8. The van der Waals surface area contributed by atoms with Crippen LogP contribution >= 0.6 is 11.3 Å². The number of para-hydroxylation sites is 2. The minimum Gasteiger partial charge on any atom is -0.496 e. The highest BCUT2D eigenvalue weighted by Crippen LogP contribution is 2.31. The Balaban J connectivity index is 1.54. The Morgan fingerprint density at radius 2 is 1.76 bits per heavy atom. The molecule has 0 spiro atoms. The van der Waals surface area contributed by atoms with E-state index in [0.29, 0.717) is 16.5 Å². The first-order valence-corrected chi connectivity index (χ1v) is 9.89. The maximum absolute atomic E-state index is 12.3. The summed E-state index contributed by atoms with van der Waals surface area (Å²) in [5.74, 6) is 0.346. The van der Waals surface area contributed by atoms with Gasteiger partial charge in [-0.3, -0.25) is 20.4 Å². The molecule has 0 unspecified atom stereocenters. The summed E-state index contributed by atoms with van der Waals surface area (Å²) in [7, 11) is 1.58. The average Bonchev–Trinajstić information content (AvgIpc) is 3.26. The van der Waals surface area contributed by atoms with E-state index < -0.39 is 11.8 Å². The van der Waals surface area contributed by atoms with Gasteiger partial charge < -0.3 is 9.47 Å². The third-order valence-corrected chi connectivity index (χ3v) is 4.98. The van der Waals surface area contributed by atoms with Crippen LogP contribution in [-0.2, 0) is 11.2 Å². The number of nitrogens with zero attached hydrogens (tertiary/aromatic N) is 1. The fourth-order valence-electron chi connectivity index (χ4n) is 2.63. The number of carbonyl (C=O) groups is 2. The second kappa shape index (κ2) is 9.70. The third-order valence-electron chi connectivity index (χ3n) is 4.10. The Labute approximate surface area is 172 Å². The zero-order valence-corrected chi connectivity index (χ0v) is 16.9. The number of thiazole rings is 1. The first-order valence-electron chi connectivity index (χ1n) is 9.01. The first-order chi connectivity index (χ1) is 14.1. The maximum atomic E-state index is 12.3. The van der Waals surface area contributed by atoms with Crippen LogP contribution in [0.25, 0.3) is 10.6 Å². The van der Waals surface area contributed by atoms with Gasteiger partial charge in [-0.15, -0.1) is 11.3 Å². The Morgan fingerprint density at radius 1 is 1.03 bits per heavy atom. The second-order valence-electron chi connectivity index (χ2n) is 5.99. The molecule has 0 radical (unpaired) electrons. The molecule has 0 fully saturated rings. The summed E-state index contributed by atoms with van der Waals surface area (Å²) in [6, 6.07) is 14.9. The van der Waals surface area contributed by atoms with Gasteiger partial charge in [0.1, 0.15) is 22.2 Å². The number of nitrogens with one attached hydrogen (secondary N) is 2. The average molecular weight is 411 g/mol. The van der Waals surface area contributed by atoms with Crippen LogP contribution in [0, 0.1) is 0 Å². The molecule has 3 aromatic rings. The molecule has 0 aliphatic rings.